The number of benzene rings is 1. The summed E-state index contributed by atoms with van der Waals surface area (Å²) in [5, 5.41) is 17.7. The van der Waals surface area contributed by atoms with Crippen LogP contribution in [0.1, 0.15) is 17.0 Å². The lowest BCUT2D eigenvalue weighted by atomic mass is 10.00. The molecule has 0 aromatic heterocycles. The maximum absolute atomic E-state index is 8.90. The predicted octanol–water partition coefficient (Wildman–Crippen LogP) is 1.48. The van der Waals surface area contributed by atoms with Gasteiger partial charge in [-0.3, -0.25) is 0 Å². The highest BCUT2D eigenvalue weighted by atomic mass is 16.5. The van der Waals surface area contributed by atoms with Crippen molar-refractivity contribution in [3.63, 3.8) is 0 Å². The van der Waals surface area contributed by atoms with E-state index in [9.17, 15) is 0 Å². The number of methoxy groups -OCH3 is 1. The first-order chi connectivity index (χ1) is 6.72. The van der Waals surface area contributed by atoms with Crippen molar-refractivity contribution in [2.24, 2.45) is 0 Å². The molecule has 0 heterocycles. The minimum atomic E-state index is -0.201. The molecule has 3 heteroatoms. The molecule has 0 amide bonds. The fraction of sp³-hybridized carbons (Fsp3) is 0.273. The minimum Gasteiger partial charge on any atom is -0.495 e. The van der Waals surface area contributed by atoms with Crippen molar-refractivity contribution in [2.45, 2.75) is 5.92 Å². The molecule has 1 radical (unpaired) electrons. The Morgan fingerprint density at radius 2 is 2.36 bits per heavy atom. The summed E-state index contributed by atoms with van der Waals surface area (Å²) in [6, 6.07) is 7.23. The Morgan fingerprint density at radius 3 is 2.86 bits per heavy atom. The van der Waals surface area contributed by atoms with Crippen LogP contribution in [0.2, 0.25) is 0 Å². The van der Waals surface area contributed by atoms with Crippen LogP contribution >= 0.6 is 0 Å². The van der Waals surface area contributed by atoms with E-state index in [0.717, 1.165) is 5.56 Å². The monoisotopic (exact) mass is 190 g/mol. The minimum absolute atomic E-state index is 0.0306. The summed E-state index contributed by atoms with van der Waals surface area (Å²) >= 11 is 0. The summed E-state index contributed by atoms with van der Waals surface area (Å²) in [4.78, 5) is 0. The van der Waals surface area contributed by atoms with E-state index < -0.39 is 0 Å². The SMILES string of the molecule is [CH2]C(CO)c1ccc(OC)c(C#N)c1. The van der Waals surface area contributed by atoms with E-state index in [4.69, 9.17) is 15.1 Å². The molecule has 14 heavy (non-hydrogen) atoms. The van der Waals surface area contributed by atoms with Gasteiger partial charge in [-0.15, -0.1) is 0 Å². The first-order valence-electron chi connectivity index (χ1n) is 4.25. The largest absolute Gasteiger partial charge is 0.495 e. The van der Waals surface area contributed by atoms with E-state index in [-0.39, 0.29) is 12.5 Å². The van der Waals surface area contributed by atoms with Crippen LogP contribution in [-0.4, -0.2) is 18.8 Å². The number of ether oxygens (including phenoxy) is 1. The third-order valence-electron chi connectivity index (χ3n) is 2.04. The zero-order valence-corrected chi connectivity index (χ0v) is 8.03. The van der Waals surface area contributed by atoms with E-state index in [1.807, 2.05) is 6.07 Å². The number of hydrogen-bond donors (Lipinski definition) is 1. The van der Waals surface area contributed by atoms with Gasteiger partial charge in [-0.2, -0.15) is 5.26 Å². The van der Waals surface area contributed by atoms with Crippen LogP contribution in [0, 0.1) is 18.3 Å². The van der Waals surface area contributed by atoms with Crippen molar-refractivity contribution < 1.29 is 9.84 Å². The quantitative estimate of drug-likeness (QED) is 0.785. The number of aliphatic hydroxyl groups is 1. The number of hydrogen-bond acceptors (Lipinski definition) is 3. The van der Waals surface area contributed by atoms with E-state index >= 15 is 0 Å². The van der Waals surface area contributed by atoms with Crippen LogP contribution < -0.4 is 4.74 Å². The number of aliphatic hydroxyl groups excluding tert-OH is 1. The maximum Gasteiger partial charge on any atom is 0.136 e. The van der Waals surface area contributed by atoms with Crippen LogP contribution in [0.25, 0.3) is 0 Å². The molecular weight excluding hydrogens is 178 g/mol. The summed E-state index contributed by atoms with van der Waals surface area (Å²) in [5.74, 6) is 0.342. The van der Waals surface area contributed by atoms with Crippen LogP contribution in [0.15, 0.2) is 18.2 Å². The highest BCUT2D eigenvalue weighted by Gasteiger charge is 2.08. The molecule has 0 aliphatic heterocycles. The van der Waals surface area contributed by atoms with Crippen LogP contribution in [-0.2, 0) is 0 Å². The molecule has 1 aromatic rings. The van der Waals surface area contributed by atoms with Crippen molar-refractivity contribution in [3.8, 4) is 11.8 Å². The zero-order valence-electron chi connectivity index (χ0n) is 8.03. The highest BCUT2D eigenvalue weighted by molar-refractivity contribution is 5.46. The molecule has 1 atom stereocenters. The second kappa shape index (κ2) is 4.64. The molecule has 3 nitrogen and oxygen atoms in total. The van der Waals surface area contributed by atoms with E-state index in [1.54, 1.807) is 18.2 Å². The second-order valence-electron chi connectivity index (χ2n) is 2.95. The zero-order chi connectivity index (χ0) is 10.6. The lowest BCUT2D eigenvalue weighted by Crippen LogP contribution is -2.00. The number of rotatable bonds is 3. The van der Waals surface area contributed by atoms with Gasteiger partial charge in [-0.05, 0) is 24.6 Å². The molecule has 0 spiro atoms. The van der Waals surface area contributed by atoms with Crippen molar-refractivity contribution >= 4 is 0 Å². The second-order valence-corrected chi connectivity index (χ2v) is 2.95. The maximum atomic E-state index is 8.90. The molecule has 0 fully saturated rings. The first-order valence-corrected chi connectivity index (χ1v) is 4.25. The third kappa shape index (κ3) is 2.04. The topological polar surface area (TPSA) is 53.2 Å². The molecule has 0 saturated carbocycles. The molecule has 1 rings (SSSR count). The van der Waals surface area contributed by atoms with Gasteiger partial charge < -0.3 is 9.84 Å². The van der Waals surface area contributed by atoms with Gasteiger partial charge in [0.2, 0.25) is 0 Å². The smallest absolute Gasteiger partial charge is 0.136 e. The third-order valence-corrected chi connectivity index (χ3v) is 2.04. The highest BCUT2D eigenvalue weighted by Crippen LogP contribution is 2.23. The number of nitriles is 1. The van der Waals surface area contributed by atoms with Gasteiger partial charge in [0.15, 0.2) is 0 Å². The van der Waals surface area contributed by atoms with Gasteiger partial charge in [0.1, 0.15) is 11.8 Å². The van der Waals surface area contributed by atoms with E-state index in [2.05, 4.69) is 6.92 Å². The van der Waals surface area contributed by atoms with Crippen molar-refractivity contribution in [3.05, 3.63) is 36.2 Å². The summed E-state index contributed by atoms with van der Waals surface area (Å²) in [6.45, 7) is 3.73. The summed E-state index contributed by atoms with van der Waals surface area (Å²) in [7, 11) is 1.52. The molecule has 0 aliphatic rings. The molecule has 0 bridgehead atoms. The van der Waals surface area contributed by atoms with Crippen LogP contribution in [0.4, 0.5) is 0 Å². The van der Waals surface area contributed by atoms with Crippen LogP contribution in [0.5, 0.6) is 5.75 Å². The first kappa shape index (κ1) is 10.6. The standard InChI is InChI=1S/C11H12NO2/c1-8(7-13)9-3-4-11(14-2)10(5-9)6-12/h3-5,8,13H,1,7H2,2H3. The van der Waals surface area contributed by atoms with Gasteiger partial charge in [0.05, 0.1) is 12.7 Å². The van der Waals surface area contributed by atoms with E-state index in [0.29, 0.717) is 11.3 Å². The van der Waals surface area contributed by atoms with Crippen molar-refractivity contribution in [2.75, 3.05) is 13.7 Å². The lowest BCUT2D eigenvalue weighted by Gasteiger charge is -2.10. The molecule has 0 aliphatic carbocycles. The van der Waals surface area contributed by atoms with E-state index in [1.165, 1.54) is 7.11 Å². The molecular formula is C11H12NO2. The molecule has 1 unspecified atom stereocenters. The summed E-state index contributed by atoms with van der Waals surface area (Å²) in [6.07, 6.45) is 0. The fourth-order valence-corrected chi connectivity index (χ4v) is 1.17. The Bertz CT molecular complexity index is 355. The Morgan fingerprint density at radius 1 is 1.64 bits per heavy atom. The summed E-state index contributed by atoms with van der Waals surface area (Å²) < 4.78 is 5.00. The molecule has 0 saturated heterocycles. The molecule has 1 N–H and O–H groups in total. The van der Waals surface area contributed by atoms with Gasteiger partial charge >= 0.3 is 0 Å². The van der Waals surface area contributed by atoms with Gasteiger partial charge in [-0.1, -0.05) is 6.07 Å². The molecule has 73 valence electrons. The Labute approximate surface area is 83.6 Å². The fourth-order valence-electron chi connectivity index (χ4n) is 1.17. The van der Waals surface area contributed by atoms with Crippen molar-refractivity contribution in [1.82, 2.24) is 0 Å². The van der Waals surface area contributed by atoms with Crippen molar-refractivity contribution in [1.29, 1.82) is 5.26 Å². The van der Waals surface area contributed by atoms with Gasteiger partial charge in [-0.25, -0.2) is 0 Å². The Hall–Kier alpha value is -1.53. The predicted molar refractivity (Wildman–Crippen MR) is 52.9 cm³/mol. The summed E-state index contributed by atoms with van der Waals surface area (Å²) in [5.41, 5.74) is 1.30. The molecule has 1 aromatic carbocycles. The lowest BCUT2D eigenvalue weighted by molar-refractivity contribution is 0.282. The Balaban J connectivity index is 3.09. The van der Waals surface area contributed by atoms with Gasteiger partial charge in [0, 0.05) is 12.5 Å². The average Bonchev–Trinajstić information content (AvgIpc) is 2.26. The van der Waals surface area contributed by atoms with Crippen LogP contribution in [0.3, 0.4) is 0 Å². The van der Waals surface area contributed by atoms with Gasteiger partial charge in [0.25, 0.3) is 0 Å². The number of nitrogens with zero attached hydrogens (tertiary/aromatic N) is 1. The Kier molecular flexibility index (Phi) is 3.49. The normalized spacial score (nSPS) is 11.9. The average molecular weight is 190 g/mol.